The van der Waals surface area contributed by atoms with Gasteiger partial charge < -0.3 is 10.2 Å². The van der Waals surface area contributed by atoms with E-state index in [2.05, 4.69) is 5.32 Å². The minimum Gasteiger partial charge on any atom is -0.354 e. The zero-order chi connectivity index (χ0) is 16.8. The van der Waals surface area contributed by atoms with E-state index in [1.807, 2.05) is 0 Å². The molecule has 9 heteroatoms. The summed E-state index contributed by atoms with van der Waals surface area (Å²) in [5.41, 5.74) is 0. The summed E-state index contributed by atoms with van der Waals surface area (Å²) in [6, 6.07) is 1.32. The first-order valence-electron chi connectivity index (χ1n) is 7.42. The van der Waals surface area contributed by atoms with Crippen molar-refractivity contribution < 1.29 is 18.0 Å². The smallest absolute Gasteiger partial charge is 0.261 e. The molecule has 3 fully saturated rings. The van der Waals surface area contributed by atoms with Gasteiger partial charge in [0.15, 0.2) is 0 Å². The third-order valence-electron chi connectivity index (χ3n) is 4.60. The molecule has 0 saturated carbocycles. The highest BCUT2D eigenvalue weighted by atomic mass is 32.2. The first-order chi connectivity index (χ1) is 10.8. The number of piperidine rings is 1. The number of carbonyl (C=O) groups is 2. The van der Waals surface area contributed by atoms with Crippen molar-refractivity contribution in [1.29, 1.82) is 0 Å². The Morgan fingerprint density at radius 2 is 2.09 bits per heavy atom. The van der Waals surface area contributed by atoms with E-state index in [-0.39, 0.29) is 35.2 Å². The molecule has 0 aliphatic carbocycles. The van der Waals surface area contributed by atoms with E-state index in [4.69, 9.17) is 0 Å². The summed E-state index contributed by atoms with van der Waals surface area (Å²) in [4.78, 5) is 26.0. The lowest BCUT2D eigenvalue weighted by Gasteiger charge is -2.32. The third kappa shape index (κ3) is 2.77. The highest BCUT2D eigenvalue weighted by Crippen LogP contribution is 2.32. The number of hydrogen-bond donors (Lipinski definition) is 1. The van der Waals surface area contributed by atoms with Gasteiger partial charge in [0.25, 0.3) is 5.91 Å². The van der Waals surface area contributed by atoms with Crippen molar-refractivity contribution >= 4 is 33.2 Å². The van der Waals surface area contributed by atoms with Gasteiger partial charge in [-0.3, -0.25) is 9.59 Å². The lowest BCUT2D eigenvalue weighted by atomic mass is 9.95. The van der Waals surface area contributed by atoms with Crippen LogP contribution in [0.5, 0.6) is 0 Å². The van der Waals surface area contributed by atoms with Gasteiger partial charge in [0.1, 0.15) is 0 Å². The molecular weight excluding hydrogens is 338 g/mol. The van der Waals surface area contributed by atoms with E-state index in [0.29, 0.717) is 11.4 Å². The Hall–Kier alpha value is -1.45. The van der Waals surface area contributed by atoms with E-state index in [9.17, 15) is 18.0 Å². The molecule has 4 rings (SSSR count). The topological polar surface area (TPSA) is 86.8 Å². The van der Waals surface area contributed by atoms with Crippen LogP contribution < -0.4 is 5.32 Å². The Kier molecular flexibility index (Phi) is 4.19. The largest absolute Gasteiger partial charge is 0.354 e. The van der Waals surface area contributed by atoms with Crippen LogP contribution in [0.25, 0.3) is 0 Å². The van der Waals surface area contributed by atoms with Crippen molar-refractivity contribution in [2.75, 3.05) is 27.2 Å². The number of carbonyl (C=O) groups excluding carboxylic acids is 2. The first-order valence-corrected chi connectivity index (χ1v) is 9.74. The number of rotatable bonds is 3. The highest BCUT2D eigenvalue weighted by molar-refractivity contribution is 7.89. The van der Waals surface area contributed by atoms with Gasteiger partial charge in [-0.15, -0.1) is 11.3 Å². The van der Waals surface area contributed by atoms with Crippen molar-refractivity contribution in [3.8, 4) is 0 Å². The van der Waals surface area contributed by atoms with Gasteiger partial charge in [0.2, 0.25) is 15.9 Å². The van der Waals surface area contributed by atoms with Crippen molar-refractivity contribution in [1.82, 2.24) is 14.5 Å². The molecule has 1 aromatic rings. The number of hydrogen-bond acceptors (Lipinski definition) is 5. The molecule has 3 aliphatic heterocycles. The Morgan fingerprint density at radius 3 is 2.78 bits per heavy atom. The molecule has 3 aliphatic rings. The maximum atomic E-state index is 12.9. The number of nitrogens with zero attached hydrogens (tertiary/aromatic N) is 2. The summed E-state index contributed by atoms with van der Waals surface area (Å²) in [7, 11) is -0.450. The third-order valence-corrected chi connectivity index (χ3v) is 7.48. The van der Waals surface area contributed by atoms with Crippen molar-refractivity contribution in [3.63, 3.8) is 0 Å². The number of fused-ring (bicyclic) bond motifs is 4. The SMILES string of the molecule is CNC(=O)c1cc(S(=O)(=O)N2C[C@@H]3CC[C@H](C2)N(C)C3=O)cs1. The normalized spacial score (nSPS) is 25.5. The van der Waals surface area contributed by atoms with Gasteiger partial charge in [-0.1, -0.05) is 0 Å². The summed E-state index contributed by atoms with van der Waals surface area (Å²) >= 11 is 1.10. The molecule has 2 atom stereocenters. The predicted molar refractivity (Wildman–Crippen MR) is 85.8 cm³/mol. The van der Waals surface area contributed by atoms with Crippen LogP contribution in [0, 0.1) is 5.92 Å². The second-order valence-corrected chi connectivity index (χ2v) is 8.77. The molecule has 0 spiro atoms. The quantitative estimate of drug-likeness (QED) is 0.846. The highest BCUT2D eigenvalue weighted by Gasteiger charge is 2.42. The standard InChI is InChI=1S/C14H19N3O4S2/c1-15-13(18)12-5-11(8-22-12)23(20,21)17-6-9-3-4-10(7-17)16(2)14(9)19/h5,8-10H,3-4,6-7H2,1-2H3,(H,15,18)/t9-,10+/m0/s1. The van der Waals surface area contributed by atoms with E-state index < -0.39 is 10.0 Å². The second kappa shape index (κ2) is 5.88. The minimum absolute atomic E-state index is 0.0234. The number of nitrogens with one attached hydrogen (secondary N) is 1. The molecule has 2 amide bonds. The molecular formula is C14H19N3O4S2. The fourth-order valence-electron chi connectivity index (χ4n) is 3.16. The Balaban J connectivity index is 1.90. The maximum absolute atomic E-state index is 12.9. The zero-order valence-electron chi connectivity index (χ0n) is 13.0. The van der Waals surface area contributed by atoms with Crippen LogP contribution in [0.2, 0.25) is 0 Å². The van der Waals surface area contributed by atoms with Gasteiger partial charge >= 0.3 is 0 Å². The van der Waals surface area contributed by atoms with Crippen LogP contribution in [-0.2, 0) is 14.8 Å². The Bertz CT molecular complexity index is 743. The van der Waals surface area contributed by atoms with Gasteiger partial charge in [-0.05, 0) is 18.9 Å². The predicted octanol–water partition coefficient (Wildman–Crippen LogP) is 0.349. The lowest BCUT2D eigenvalue weighted by molar-refractivity contribution is -0.138. The average molecular weight is 357 g/mol. The number of sulfonamides is 1. The van der Waals surface area contributed by atoms with Crippen LogP contribution >= 0.6 is 11.3 Å². The van der Waals surface area contributed by atoms with E-state index >= 15 is 0 Å². The van der Waals surface area contributed by atoms with Gasteiger partial charge in [0.05, 0.1) is 15.7 Å². The van der Waals surface area contributed by atoms with Crippen LogP contribution in [-0.4, -0.2) is 62.7 Å². The summed E-state index contributed by atoms with van der Waals surface area (Å²) in [6.07, 6.45) is 1.55. The van der Waals surface area contributed by atoms with Crippen molar-refractivity contribution in [2.45, 2.75) is 23.8 Å². The van der Waals surface area contributed by atoms with Gasteiger partial charge in [-0.2, -0.15) is 4.31 Å². The van der Waals surface area contributed by atoms with Crippen LogP contribution in [0.3, 0.4) is 0 Å². The van der Waals surface area contributed by atoms with Gasteiger partial charge in [0, 0.05) is 38.6 Å². The fraction of sp³-hybridized carbons (Fsp3) is 0.571. The Morgan fingerprint density at radius 1 is 1.35 bits per heavy atom. The molecule has 1 N–H and O–H groups in total. The summed E-state index contributed by atoms with van der Waals surface area (Å²) in [5, 5.41) is 3.97. The molecule has 1 aromatic heterocycles. The van der Waals surface area contributed by atoms with Gasteiger partial charge in [-0.25, -0.2) is 8.42 Å². The molecule has 0 unspecified atom stereocenters. The molecule has 0 aromatic carbocycles. The second-order valence-electron chi connectivity index (χ2n) is 5.93. The Labute approximate surface area is 139 Å². The minimum atomic E-state index is -3.69. The van der Waals surface area contributed by atoms with Crippen LogP contribution in [0.1, 0.15) is 22.5 Å². The molecule has 4 heterocycles. The lowest BCUT2D eigenvalue weighted by Crippen LogP contribution is -2.45. The van der Waals surface area contributed by atoms with E-state index in [1.54, 1.807) is 11.9 Å². The fourth-order valence-corrected chi connectivity index (χ4v) is 5.89. The molecule has 23 heavy (non-hydrogen) atoms. The van der Waals surface area contributed by atoms with E-state index in [1.165, 1.54) is 22.8 Å². The zero-order valence-corrected chi connectivity index (χ0v) is 14.6. The summed E-state index contributed by atoms with van der Waals surface area (Å²) < 4.78 is 27.1. The monoisotopic (exact) mass is 357 g/mol. The molecule has 126 valence electrons. The van der Waals surface area contributed by atoms with Crippen molar-refractivity contribution in [2.24, 2.45) is 5.92 Å². The summed E-state index contributed by atoms with van der Waals surface area (Å²) in [5.74, 6) is -0.553. The molecule has 0 radical (unpaired) electrons. The number of likely N-dealkylation sites (N-methyl/N-ethyl adjacent to an activating group) is 1. The maximum Gasteiger partial charge on any atom is 0.261 e. The van der Waals surface area contributed by atoms with E-state index in [0.717, 1.165) is 24.2 Å². The average Bonchev–Trinajstić information content (AvgIpc) is 2.88. The molecule has 2 bridgehead atoms. The van der Waals surface area contributed by atoms with Crippen LogP contribution in [0.15, 0.2) is 16.3 Å². The molecule has 7 nitrogen and oxygen atoms in total. The molecule has 3 saturated heterocycles. The van der Waals surface area contributed by atoms with Crippen molar-refractivity contribution in [3.05, 3.63) is 16.3 Å². The number of thiophene rings is 1. The number of amides is 2. The van der Waals surface area contributed by atoms with Crippen LogP contribution in [0.4, 0.5) is 0 Å². The summed E-state index contributed by atoms with van der Waals surface area (Å²) in [6.45, 7) is 0.527. The first kappa shape index (κ1) is 16.4.